The zero-order valence-electron chi connectivity index (χ0n) is 8.94. The minimum atomic E-state index is -0.432. The van der Waals surface area contributed by atoms with Gasteiger partial charge in [-0.15, -0.1) is 0 Å². The van der Waals surface area contributed by atoms with Crippen LogP contribution in [0.15, 0.2) is 6.20 Å². The molecule has 0 aromatic carbocycles. The first-order valence-electron chi connectivity index (χ1n) is 5.08. The van der Waals surface area contributed by atoms with Crippen molar-refractivity contribution in [2.24, 2.45) is 0 Å². The Morgan fingerprint density at radius 3 is 2.81 bits per heavy atom. The number of aromatic nitrogens is 2. The molecule has 1 aromatic rings. The van der Waals surface area contributed by atoms with E-state index in [1.54, 1.807) is 0 Å². The van der Waals surface area contributed by atoms with Gasteiger partial charge in [-0.1, -0.05) is 0 Å². The van der Waals surface area contributed by atoms with Gasteiger partial charge < -0.3 is 9.64 Å². The standard InChI is InChI=1S/C10H12ClN3O2/c1-16-9(15)7-6-12-10(11)13-8(7)14-4-2-3-5-14/h6H,2-5H2,1H3. The third-order valence-corrected chi connectivity index (χ3v) is 2.73. The summed E-state index contributed by atoms with van der Waals surface area (Å²) in [6, 6.07) is 0. The van der Waals surface area contributed by atoms with E-state index in [-0.39, 0.29) is 5.28 Å². The highest BCUT2D eigenvalue weighted by molar-refractivity contribution is 6.28. The zero-order valence-corrected chi connectivity index (χ0v) is 9.70. The minimum absolute atomic E-state index is 0.148. The number of halogens is 1. The molecular formula is C10H12ClN3O2. The lowest BCUT2D eigenvalue weighted by atomic mass is 10.3. The van der Waals surface area contributed by atoms with Crippen LogP contribution in [0.2, 0.25) is 5.28 Å². The number of ether oxygens (including phenoxy) is 1. The summed E-state index contributed by atoms with van der Waals surface area (Å²) in [4.78, 5) is 21.5. The third-order valence-electron chi connectivity index (χ3n) is 2.55. The maximum absolute atomic E-state index is 11.5. The molecule has 2 heterocycles. The van der Waals surface area contributed by atoms with Crippen molar-refractivity contribution in [3.8, 4) is 0 Å². The molecule has 0 spiro atoms. The Morgan fingerprint density at radius 2 is 2.19 bits per heavy atom. The highest BCUT2D eigenvalue weighted by Crippen LogP contribution is 2.23. The summed E-state index contributed by atoms with van der Waals surface area (Å²) in [7, 11) is 1.34. The van der Waals surface area contributed by atoms with Gasteiger partial charge in [-0.2, -0.15) is 4.98 Å². The topological polar surface area (TPSA) is 55.3 Å². The summed E-state index contributed by atoms with van der Waals surface area (Å²) >= 11 is 5.74. The summed E-state index contributed by atoms with van der Waals surface area (Å²) in [5, 5.41) is 0.148. The van der Waals surface area contributed by atoms with Crippen molar-refractivity contribution in [2.75, 3.05) is 25.1 Å². The molecule has 86 valence electrons. The number of nitrogens with zero attached hydrogens (tertiary/aromatic N) is 3. The molecule has 0 bridgehead atoms. The van der Waals surface area contributed by atoms with E-state index in [1.165, 1.54) is 13.3 Å². The molecule has 2 rings (SSSR count). The second kappa shape index (κ2) is 4.65. The van der Waals surface area contributed by atoms with Gasteiger partial charge in [-0.05, 0) is 24.4 Å². The van der Waals surface area contributed by atoms with Crippen molar-refractivity contribution in [3.63, 3.8) is 0 Å². The van der Waals surface area contributed by atoms with Crippen LogP contribution in [0.4, 0.5) is 5.82 Å². The van der Waals surface area contributed by atoms with Gasteiger partial charge >= 0.3 is 5.97 Å². The summed E-state index contributed by atoms with van der Waals surface area (Å²) in [5.74, 6) is 0.142. The summed E-state index contributed by atoms with van der Waals surface area (Å²) < 4.78 is 4.69. The van der Waals surface area contributed by atoms with Crippen molar-refractivity contribution in [2.45, 2.75) is 12.8 Å². The fourth-order valence-corrected chi connectivity index (χ4v) is 1.90. The highest BCUT2D eigenvalue weighted by Gasteiger charge is 2.22. The van der Waals surface area contributed by atoms with Gasteiger partial charge in [-0.25, -0.2) is 9.78 Å². The maximum atomic E-state index is 11.5. The molecule has 1 aliphatic rings. The summed E-state index contributed by atoms with van der Waals surface area (Å²) in [6.07, 6.45) is 3.61. The summed E-state index contributed by atoms with van der Waals surface area (Å²) in [6.45, 7) is 1.77. The fraction of sp³-hybridized carbons (Fsp3) is 0.500. The van der Waals surface area contributed by atoms with E-state index in [1.807, 2.05) is 4.90 Å². The first-order valence-corrected chi connectivity index (χ1v) is 5.46. The number of hydrogen-bond donors (Lipinski definition) is 0. The predicted octanol–water partition coefficient (Wildman–Crippen LogP) is 1.52. The number of hydrogen-bond acceptors (Lipinski definition) is 5. The fourth-order valence-electron chi connectivity index (χ4n) is 1.78. The van der Waals surface area contributed by atoms with Gasteiger partial charge in [0.25, 0.3) is 0 Å². The number of esters is 1. The first kappa shape index (κ1) is 11.1. The largest absolute Gasteiger partial charge is 0.465 e. The quantitative estimate of drug-likeness (QED) is 0.580. The van der Waals surface area contributed by atoms with Crippen LogP contribution in [0.5, 0.6) is 0 Å². The normalized spacial score (nSPS) is 15.2. The van der Waals surface area contributed by atoms with Crippen LogP contribution < -0.4 is 4.90 Å². The second-order valence-corrected chi connectivity index (χ2v) is 3.90. The first-order chi connectivity index (χ1) is 7.72. The molecule has 1 aliphatic heterocycles. The van der Waals surface area contributed by atoms with Crippen LogP contribution >= 0.6 is 11.6 Å². The molecule has 6 heteroatoms. The summed E-state index contributed by atoms with van der Waals surface area (Å²) in [5.41, 5.74) is 0.369. The van der Waals surface area contributed by atoms with E-state index in [0.717, 1.165) is 25.9 Å². The Hall–Kier alpha value is -1.36. The molecule has 0 radical (unpaired) electrons. The predicted molar refractivity (Wildman–Crippen MR) is 59.8 cm³/mol. The van der Waals surface area contributed by atoms with E-state index < -0.39 is 5.97 Å². The molecule has 1 fully saturated rings. The van der Waals surface area contributed by atoms with Crippen LogP contribution in [0.1, 0.15) is 23.2 Å². The molecule has 1 saturated heterocycles. The Labute approximate surface area is 98.4 Å². The Balaban J connectivity index is 2.39. The van der Waals surface area contributed by atoms with Crippen LogP contribution in [0.25, 0.3) is 0 Å². The van der Waals surface area contributed by atoms with Crippen molar-refractivity contribution in [1.82, 2.24) is 9.97 Å². The van der Waals surface area contributed by atoms with E-state index in [0.29, 0.717) is 11.4 Å². The highest BCUT2D eigenvalue weighted by atomic mass is 35.5. The van der Waals surface area contributed by atoms with Gasteiger partial charge in [0.15, 0.2) is 0 Å². The molecule has 0 saturated carbocycles. The monoisotopic (exact) mass is 241 g/mol. The van der Waals surface area contributed by atoms with E-state index in [2.05, 4.69) is 14.7 Å². The SMILES string of the molecule is COC(=O)c1cnc(Cl)nc1N1CCCC1. The van der Waals surface area contributed by atoms with Gasteiger partial charge in [0.1, 0.15) is 11.4 Å². The van der Waals surface area contributed by atoms with Gasteiger partial charge in [0.2, 0.25) is 5.28 Å². The molecule has 0 atom stereocenters. The molecule has 0 N–H and O–H groups in total. The lowest BCUT2D eigenvalue weighted by Gasteiger charge is -2.18. The Morgan fingerprint density at radius 1 is 1.50 bits per heavy atom. The van der Waals surface area contributed by atoms with Gasteiger partial charge in [0, 0.05) is 19.3 Å². The molecular weight excluding hydrogens is 230 g/mol. The average Bonchev–Trinajstić information content (AvgIpc) is 2.81. The molecule has 1 aromatic heterocycles. The lowest BCUT2D eigenvalue weighted by molar-refractivity contribution is 0.0600. The maximum Gasteiger partial charge on any atom is 0.343 e. The van der Waals surface area contributed by atoms with E-state index in [9.17, 15) is 4.79 Å². The number of rotatable bonds is 2. The second-order valence-electron chi connectivity index (χ2n) is 3.56. The van der Waals surface area contributed by atoms with Gasteiger partial charge in [-0.3, -0.25) is 0 Å². The number of carbonyl (C=O) groups excluding carboxylic acids is 1. The molecule has 5 nitrogen and oxygen atoms in total. The van der Waals surface area contributed by atoms with Crippen molar-refractivity contribution in [3.05, 3.63) is 17.0 Å². The molecule has 0 amide bonds. The van der Waals surface area contributed by atoms with Crippen molar-refractivity contribution < 1.29 is 9.53 Å². The van der Waals surface area contributed by atoms with E-state index in [4.69, 9.17) is 11.6 Å². The molecule has 16 heavy (non-hydrogen) atoms. The third kappa shape index (κ3) is 2.09. The average molecular weight is 242 g/mol. The molecule has 0 aliphatic carbocycles. The van der Waals surface area contributed by atoms with Crippen molar-refractivity contribution in [1.29, 1.82) is 0 Å². The number of methoxy groups -OCH3 is 1. The molecule has 0 unspecified atom stereocenters. The smallest absolute Gasteiger partial charge is 0.343 e. The Kier molecular flexibility index (Phi) is 3.24. The lowest BCUT2D eigenvalue weighted by Crippen LogP contribution is -2.23. The van der Waals surface area contributed by atoms with Crippen LogP contribution in [0, 0.1) is 0 Å². The van der Waals surface area contributed by atoms with Gasteiger partial charge in [0.05, 0.1) is 7.11 Å². The minimum Gasteiger partial charge on any atom is -0.465 e. The number of carbonyl (C=O) groups is 1. The van der Waals surface area contributed by atoms with Crippen molar-refractivity contribution >= 4 is 23.4 Å². The van der Waals surface area contributed by atoms with Crippen LogP contribution in [-0.2, 0) is 4.74 Å². The van der Waals surface area contributed by atoms with Crippen LogP contribution in [-0.4, -0.2) is 36.1 Å². The van der Waals surface area contributed by atoms with E-state index >= 15 is 0 Å². The number of anilines is 1. The van der Waals surface area contributed by atoms with Crippen LogP contribution in [0.3, 0.4) is 0 Å². The Bertz CT molecular complexity index is 405. The zero-order chi connectivity index (χ0) is 11.5.